The van der Waals surface area contributed by atoms with E-state index < -0.39 is 0 Å². The molecule has 4 heteroatoms. The zero-order chi connectivity index (χ0) is 5.28. The molecule has 0 aromatic heterocycles. The van der Waals surface area contributed by atoms with Crippen molar-refractivity contribution < 1.29 is 9.22 Å². The molecule has 1 amide bonds. The maximum absolute atomic E-state index is 10.1. The number of β-lactam (4-membered cyclic amide) rings is 1. The minimum absolute atomic E-state index is 0.0548. The van der Waals surface area contributed by atoms with E-state index in [1.165, 1.54) is 0 Å². The van der Waals surface area contributed by atoms with Gasteiger partial charge >= 0.3 is 0 Å². The first-order chi connectivity index (χ1) is 3.33. The van der Waals surface area contributed by atoms with Crippen molar-refractivity contribution in [3.8, 4) is 0 Å². The Balaban J connectivity index is 2.17. The van der Waals surface area contributed by atoms with Crippen LogP contribution in [0.15, 0.2) is 0 Å². The van der Waals surface area contributed by atoms with Crippen molar-refractivity contribution in [1.82, 2.24) is 5.32 Å². The Morgan fingerprint density at radius 3 is 2.71 bits per heavy atom. The predicted molar refractivity (Wildman–Crippen MR) is 27.6 cm³/mol. The number of hydrogen-bond donors (Lipinski definition) is 1. The van der Waals surface area contributed by atoms with Crippen molar-refractivity contribution in [2.45, 2.75) is 12.6 Å². The van der Waals surface area contributed by atoms with Crippen molar-refractivity contribution >= 4 is 16.4 Å². The highest BCUT2D eigenvalue weighted by molar-refractivity contribution is 5.99. The van der Waals surface area contributed by atoms with Crippen LogP contribution in [0, 0.1) is 0 Å². The van der Waals surface area contributed by atoms with Crippen molar-refractivity contribution in [2.75, 3.05) is 0 Å². The maximum Gasteiger partial charge on any atom is 0.226 e. The van der Waals surface area contributed by atoms with Crippen LogP contribution in [-0.2, 0) is 9.22 Å². The van der Waals surface area contributed by atoms with Gasteiger partial charge in [-0.1, -0.05) is 0 Å². The van der Waals surface area contributed by atoms with Gasteiger partial charge in [-0.25, -0.2) is 0 Å². The van der Waals surface area contributed by atoms with Crippen molar-refractivity contribution in [3.63, 3.8) is 0 Å². The molecule has 0 radical (unpaired) electrons. The lowest BCUT2D eigenvalue weighted by Crippen LogP contribution is -2.49. The van der Waals surface area contributed by atoms with Crippen molar-refractivity contribution in [2.24, 2.45) is 0 Å². The number of carbonyl (C=O) groups is 1. The van der Waals surface area contributed by atoms with Crippen LogP contribution in [0.2, 0.25) is 0 Å². The van der Waals surface area contributed by atoms with Gasteiger partial charge in [-0.15, -0.1) is 0 Å². The Morgan fingerprint density at radius 1 is 2.00 bits per heavy atom. The van der Waals surface area contributed by atoms with E-state index in [1.54, 1.807) is 0 Å². The van der Waals surface area contributed by atoms with Gasteiger partial charge in [0.2, 0.25) is 5.91 Å². The molecule has 0 aromatic rings. The van der Waals surface area contributed by atoms with Crippen molar-refractivity contribution in [1.29, 1.82) is 0 Å². The zero-order valence-electron chi connectivity index (χ0n) is 4.10. The summed E-state index contributed by atoms with van der Waals surface area (Å²) < 4.78 is 4.86. The molecule has 40 valence electrons. The average Bonchev–Trinajstić information content (AvgIpc) is 1.58. The normalized spacial score (nSPS) is 29.1. The third kappa shape index (κ3) is 0.807. The first-order valence-corrected chi connectivity index (χ1v) is 2.97. The van der Waals surface area contributed by atoms with Gasteiger partial charge in [0.05, 0.1) is 6.42 Å². The Kier molecular flexibility index (Phi) is 1.12. The molecule has 0 saturated carbocycles. The van der Waals surface area contributed by atoms with Gasteiger partial charge in [0.1, 0.15) is 16.7 Å². The molecule has 0 spiro atoms. The molecule has 1 heterocycles. The van der Waals surface area contributed by atoms with E-state index in [-0.39, 0.29) is 12.1 Å². The van der Waals surface area contributed by atoms with E-state index in [2.05, 4.69) is 5.32 Å². The molecule has 7 heavy (non-hydrogen) atoms. The third-order valence-electron chi connectivity index (χ3n) is 0.977. The summed E-state index contributed by atoms with van der Waals surface area (Å²) in [4.78, 5) is 10.1. The quantitative estimate of drug-likeness (QED) is 0.323. The van der Waals surface area contributed by atoms with Crippen LogP contribution in [0.3, 0.4) is 0 Å². The van der Waals surface area contributed by atoms with Gasteiger partial charge in [-0.05, 0) is 0 Å². The summed E-state index contributed by atoms with van der Waals surface area (Å²) in [7, 11) is 0.710. The van der Waals surface area contributed by atoms with E-state index in [0.29, 0.717) is 16.9 Å². The standard InChI is InChI=1S/C3H7NO2Si/c5-2-1-3(4-2)6-7/h3H,1H2,7H3,(H,4,5). The first-order valence-electron chi connectivity index (χ1n) is 2.15. The number of rotatable bonds is 1. The zero-order valence-corrected chi connectivity index (χ0v) is 6.10. The molecule has 0 bridgehead atoms. The number of nitrogens with one attached hydrogen (secondary N) is 1. The van der Waals surface area contributed by atoms with E-state index in [4.69, 9.17) is 4.43 Å². The lowest BCUT2D eigenvalue weighted by molar-refractivity contribution is -0.134. The minimum Gasteiger partial charge on any atom is -0.408 e. The van der Waals surface area contributed by atoms with E-state index in [0.717, 1.165) is 0 Å². The van der Waals surface area contributed by atoms with Crippen LogP contribution in [0.5, 0.6) is 0 Å². The molecule has 1 rings (SSSR count). The van der Waals surface area contributed by atoms with E-state index >= 15 is 0 Å². The van der Waals surface area contributed by atoms with Crippen LogP contribution in [0.4, 0.5) is 0 Å². The maximum atomic E-state index is 10.1. The van der Waals surface area contributed by atoms with Crippen LogP contribution < -0.4 is 5.32 Å². The Hall–Kier alpha value is -0.353. The molecule has 1 unspecified atom stereocenters. The van der Waals surface area contributed by atoms with Crippen LogP contribution >= 0.6 is 0 Å². The largest absolute Gasteiger partial charge is 0.408 e. The van der Waals surface area contributed by atoms with Gasteiger partial charge in [0.25, 0.3) is 0 Å². The van der Waals surface area contributed by atoms with Crippen LogP contribution in [0.25, 0.3) is 0 Å². The molecular formula is C3H7NO2Si. The van der Waals surface area contributed by atoms with Gasteiger partial charge in [0.15, 0.2) is 0 Å². The summed E-state index contributed by atoms with van der Waals surface area (Å²) in [5, 5.41) is 2.57. The summed E-state index contributed by atoms with van der Waals surface area (Å²) in [5.74, 6) is 0.0980. The lowest BCUT2D eigenvalue weighted by Gasteiger charge is -2.25. The second-order valence-electron chi connectivity index (χ2n) is 1.50. The SMILES string of the molecule is O=C1CC(O[SiH3])N1. The van der Waals surface area contributed by atoms with Crippen LogP contribution in [-0.4, -0.2) is 22.6 Å². The summed E-state index contributed by atoms with van der Waals surface area (Å²) in [6.07, 6.45) is 0.614. The molecule has 0 aliphatic carbocycles. The fourth-order valence-electron chi connectivity index (χ4n) is 0.469. The van der Waals surface area contributed by atoms with Crippen molar-refractivity contribution in [3.05, 3.63) is 0 Å². The van der Waals surface area contributed by atoms with E-state index in [9.17, 15) is 4.79 Å². The molecule has 1 saturated heterocycles. The highest BCUT2D eigenvalue weighted by Gasteiger charge is 2.23. The Morgan fingerprint density at radius 2 is 2.57 bits per heavy atom. The molecule has 3 nitrogen and oxygen atoms in total. The second kappa shape index (κ2) is 1.63. The summed E-state index contributed by atoms with van der Waals surface area (Å²) in [5.41, 5.74) is 0. The molecule has 1 fully saturated rings. The highest BCUT2D eigenvalue weighted by Crippen LogP contribution is 2.01. The summed E-state index contributed by atoms with van der Waals surface area (Å²) >= 11 is 0. The van der Waals surface area contributed by atoms with E-state index in [1.807, 2.05) is 0 Å². The fourth-order valence-corrected chi connectivity index (χ4v) is 0.754. The van der Waals surface area contributed by atoms with Gasteiger partial charge in [-0.3, -0.25) is 4.79 Å². The highest BCUT2D eigenvalue weighted by atomic mass is 28.2. The van der Waals surface area contributed by atoms with Gasteiger partial charge in [-0.2, -0.15) is 0 Å². The molecular weight excluding hydrogens is 110 g/mol. The van der Waals surface area contributed by atoms with Gasteiger partial charge < -0.3 is 9.74 Å². The molecule has 1 atom stereocenters. The smallest absolute Gasteiger partial charge is 0.226 e. The summed E-state index contributed by atoms with van der Waals surface area (Å²) in [6, 6.07) is 0. The molecule has 1 aliphatic heterocycles. The Bertz CT molecular complexity index is 86.9. The van der Waals surface area contributed by atoms with Gasteiger partial charge in [0, 0.05) is 0 Å². The monoisotopic (exact) mass is 117 g/mol. The number of hydrogen-bond acceptors (Lipinski definition) is 2. The van der Waals surface area contributed by atoms with Crippen LogP contribution in [0.1, 0.15) is 6.42 Å². The first kappa shape index (κ1) is 4.80. The number of carbonyl (C=O) groups excluding carboxylic acids is 1. The molecule has 0 aromatic carbocycles. The second-order valence-corrected chi connectivity index (χ2v) is 1.97. The third-order valence-corrected chi connectivity index (χ3v) is 1.55. The topological polar surface area (TPSA) is 38.3 Å². The Labute approximate surface area is 44.6 Å². The number of amides is 1. The minimum atomic E-state index is 0.0548. The fraction of sp³-hybridized carbons (Fsp3) is 0.667. The summed E-state index contributed by atoms with van der Waals surface area (Å²) in [6.45, 7) is 0. The molecule has 1 N–H and O–H groups in total. The molecule has 1 aliphatic rings. The lowest BCUT2D eigenvalue weighted by atomic mass is 10.2. The predicted octanol–water partition coefficient (Wildman–Crippen LogP) is -1.87. The average molecular weight is 117 g/mol.